The number of aromatic amines is 1. The average molecular weight is 422 g/mol. The van der Waals surface area contributed by atoms with Gasteiger partial charge < -0.3 is 9.72 Å². The Morgan fingerprint density at radius 1 is 1.20 bits per heavy atom. The summed E-state index contributed by atoms with van der Waals surface area (Å²) < 4.78 is 34.0. The summed E-state index contributed by atoms with van der Waals surface area (Å²) >= 11 is 3.30. The molecular weight excluding hydrogens is 406 g/mol. The maximum atomic E-state index is 12.5. The Labute approximate surface area is 153 Å². The van der Waals surface area contributed by atoms with Crippen LogP contribution >= 0.6 is 15.9 Å². The Morgan fingerprint density at radius 2 is 2.00 bits per heavy atom. The van der Waals surface area contributed by atoms with Crippen molar-refractivity contribution in [1.82, 2.24) is 9.97 Å². The van der Waals surface area contributed by atoms with Crippen LogP contribution in [0.25, 0.3) is 11.0 Å². The first kappa shape index (κ1) is 16.6. The van der Waals surface area contributed by atoms with Gasteiger partial charge in [-0.15, -0.1) is 0 Å². The van der Waals surface area contributed by atoms with E-state index in [1.165, 1.54) is 0 Å². The molecule has 4 rings (SSSR count). The Balaban J connectivity index is 1.61. The van der Waals surface area contributed by atoms with Gasteiger partial charge in [-0.3, -0.25) is 4.72 Å². The highest BCUT2D eigenvalue weighted by Gasteiger charge is 2.21. The van der Waals surface area contributed by atoms with Crippen LogP contribution in [-0.2, 0) is 14.8 Å². The van der Waals surface area contributed by atoms with E-state index in [1.807, 2.05) is 0 Å². The zero-order valence-corrected chi connectivity index (χ0v) is 15.6. The van der Waals surface area contributed by atoms with Crippen molar-refractivity contribution in [2.24, 2.45) is 0 Å². The summed E-state index contributed by atoms with van der Waals surface area (Å²) in [7, 11) is -3.64. The number of imidazole rings is 1. The predicted molar refractivity (Wildman–Crippen MR) is 99.0 cm³/mol. The number of rotatable bonds is 4. The van der Waals surface area contributed by atoms with Crippen molar-refractivity contribution in [3.8, 4) is 0 Å². The number of ether oxygens (including phenoxy) is 1. The fourth-order valence-corrected chi connectivity index (χ4v) is 4.18. The lowest BCUT2D eigenvalue weighted by molar-refractivity contribution is 0.106. The van der Waals surface area contributed by atoms with E-state index in [1.54, 1.807) is 42.5 Å². The number of H-pyrrole nitrogens is 1. The molecule has 2 heterocycles. The van der Waals surface area contributed by atoms with Crippen molar-refractivity contribution in [3.05, 3.63) is 52.8 Å². The van der Waals surface area contributed by atoms with Crippen molar-refractivity contribution in [3.63, 3.8) is 0 Å². The van der Waals surface area contributed by atoms with Gasteiger partial charge in [-0.1, -0.05) is 15.9 Å². The largest absolute Gasteiger partial charge is 0.370 e. The van der Waals surface area contributed by atoms with Gasteiger partial charge in [0.25, 0.3) is 10.0 Å². The molecule has 1 aliphatic rings. The summed E-state index contributed by atoms with van der Waals surface area (Å²) in [6.07, 6.45) is 1.97. The van der Waals surface area contributed by atoms with Crippen molar-refractivity contribution in [2.75, 3.05) is 11.3 Å². The van der Waals surface area contributed by atoms with Crippen molar-refractivity contribution >= 4 is 42.7 Å². The molecule has 0 amide bonds. The zero-order chi connectivity index (χ0) is 17.4. The van der Waals surface area contributed by atoms with E-state index in [0.717, 1.165) is 40.8 Å². The third-order valence-corrected chi connectivity index (χ3v) is 6.04. The fraction of sp³-hybridized carbons (Fsp3) is 0.235. The Kier molecular flexibility index (Phi) is 4.26. The van der Waals surface area contributed by atoms with Gasteiger partial charge in [-0.05, 0) is 55.3 Å². The van der Waals surface area contributed by atoms with Crippen LogP contribution in [-0.4, -0.2) is 25.0 Å². The van der Waals surface area contributed by atoms with Crippen LogP contribution in [0.3, 0.4) is 0 Å². The molecule has 3 aromatic rings. The normalized spacial score (nSPS) is 17.9. The van der Waals surface area contributed by atoms with Gasteiger partial charge in [0.2, 0.25) is 0 Å². The second kappa shape index (κ2) is 6.44. The Morgan fingerprint density at radius 3 is 2.72 bits per heavy atom. The predicted octanol–water partition coefficient (Wildman–Crippen LogP) is 3.98. The summed E-state index contributed by atoms with van der Waals surface area (Å²) in [6.45, 7) is 0.750. The number of hydrogen-bond donors (Lipinski definition) is 2. The maximum absolute atomic E-state index is 12.5. The number of nitrogens with zero attached hydrogens (tertiary/aromatic N) is 1. The lowest BCUT2D eigenvalue weighted by atomic mass is 10.2. The average Bonchev–Trinajstić information content (AvgIpc) is 3.23. The number of anilines is 1. The molecule has 130 valence electrons. The minimum absolute atomic E-state index is 0.00435. The van der Waals surface area contributed by atoms with Gasteiger partial charge in [-0.2, -0.15) is 0 Å². The van der Waals surface area contributed by atoms with E-state index in [4.69, 9.17) is 4.74 Å². The lowest BCUT2D eigenvalue weighted by Crippen LogP contribution is -2.12. The summed E-state index contributed by atoms with van der Waals surface area (Å²) in [5.41, 5.74) is 2.05. The van der Waals surface area contributed by atoms with E-state index in [2.05, 4.69) is 30.6 Å². The second-order valence-corrected chi connectivity index (χ2v) is 8.51. The molecule has 2 aromatic carbocycles. The number of aromatic nitrogens is 2. The Hall–Kier alpha value is -1.90. The first-order valence-electron chi connectivity index (χ1n) is 7.91. The molecule has 25 heavy (non-hydrogen) atoms. The molecule has 0 bridgehead atoms. The first-order valence-corrected chi connectivity index (χ1v) is 10.2. The van der Waals surface area contributed by atoms with Gasteiger partial charge in [0, 0.05) is 11.1 Å². The number of fused-ring (bicyclic) bond motifs is 1. The van der Waals surface area contributed by atoms with Crippen LogP contribution in [0.4, 0.5) is 5.69 Å². The first-order chi connectivity index (χ1) is 12.0. The summed E-state index contributed by atoms with van der Waals surface area (Å²) in [6, 6.07) is 11.7. The molecule has 0 spiro atoms. The number of hydrogen-bond acceptors (Lipinski definition) is 4. The molecule has 0 aliphatic carbocycles. The summed E-state index contributed by atoms with van der Waals surface area (Å²) in [5.74, 6) is 0.792. The highest BCUT2D eigenvalue weighted by molar-refractivity contribution is 9.10. The zero-order valence-electron chi connectivity index (χ0n) is 13.2. The van der Waals surface area contributed by atoms with E-state index in [-0.39, 0.29) is 11.0 Å². The molecule has 2 N–H and O–H groups in total. The van der Waals surface area contributed by atoms with Gasteiger partial charge in [0.15, 0.2) is 0 Å². The quantitative estimate of drug-likeness (QED) is 0.666. The summed E-state index contributed by atoms with van der Waals surface area (Å²) in [5, 5.41) is 0. The molecule has 1 saturated heterocycles. The van der Waals surface area contributed by atoms with Gasteiger partial charge in [0.05, 0.1) is 21.6 Å². The molecule has 1 aliphatic heterocycles. The minimum atomic E-state index is -3.64. The second-order valence-electron chi connectivity index (χ2n) is 5.92. The van der Waals surface area contributed by atoms with E-state index < -0.39 is 10.0 Å². The van der Waals surface area contributed by atoms with E-state index in [0.29, 0.717) is 5.69 Å². The Bertz CT molecular complexity index is 1010. The van der Waals surface area contributed by atoms with Gasteiger partial charge >= 0.3 is 0 Å². The van der Waals surface area contributed by atoms with Crippen LogP contribution in [0.1, 0.15) is 24.8 Å². The fourth-order valence-electron chi connectivity index (χ4n) is 2.87. The standard InChI is InChI=1S/C17H16BrN3O3S/c18-11-3-6-13(7-4-11)25(22,23)21-12-5-8-14-15(10-12)20-17(19-14)16-2-1-9-24-16/h3-8,10,16,21H,1-2,9H2,(H,19,20)/t16-/m1/s1. The van der Waals surface area contributed by atoms with Crippen LogP contribution in [0.5, 0.6) is 0 Å². The van der Waals surface area contributed by atoms with E-state index in [9.17, 15) is 8.42 Å². The van der Waals surface area contributed by atoms with Crippen LogP contribution in [0.15, 0.2) is 51.8 Å². The van der Waals surface area contributed by atoms with Crippen LogP contribution < -0.4 is 4.72 Å². The third-order valence-electron chi connectivity index (χ3n) is 4.11. The van der Waals surface area contributed by atoms with E-state index >= 15 is 0 Å². The lowest BCUT2D eigenvalue weighted by Gasteiger charge is -2.08. The summed E-state index contributed by atoms with van der Waals surface area (Å²) in [4.78, 5) is 7.98. The molecule has 1 atom stereocenters. The molecule has 1 fully saturated rings. The topological polar surface area (TPSA) is 84.1 Å². The smallest absolute Gasteiger partial charge is 0.261 e. The van der Waals surface area contributed by atoms with Crippen LogP contribution in [0.2, 0.25) is 0 Å². The third kappa shape index (κ3) is 3.42. The monoisotopic (exact) mass is 421 g/mol. The van der Waals surface area contributed by atoms with Gasteiger partial charge in [0.1, 0.15) is 11.9 Å². The molecule has 1 aromatic heterocycles. The molecule has 0 radical (unpaired) electrons. The van der Waals surface area contributed by atoms with Crippen LogP contribution in [0, 0.1) is 0 Å². The van der Waals surface area contributed by atoms with Crippen molar-refractivity contribution < 1.29 is 13.2 Å². The number of nitrogens with one attached hydrogen (secondary N) is 2. The molecule has 8 heteroatoms. The molecule has 6 nitrogen and oxygen atoms in total. The van der Waals surface area contributed by atoms with Crippen molar-refractivity contribution in [2.45, 2.75) is 23.8 Å². The number of sulfonamides is 1. The highest BCUT2D eigenvalue weighted by Crippen LogP contribution is 2.29. The van der Waals surface area contributed by atoms with Gasteiger partial charge in [-0.25, -0.2) is 13.4 Å². The molecule has 0 saturated carbocycles. The molecule has 0 unspecified atom stereocenters. The minimum Gasteiger partial charge on any atom is -0.370 e. The highest BCUT2D eigenvalue weighted by atomic mass is 79.9. The number of benzene rings is 2. The SMILES string of the molecule is O=S(=O)(Nc1ccc2nc([C@H]3CCCO3)[nH]c2c1)c1ccc(Br)cc1. The number of halogens is 1. The van der Waals surface area contributed by atoms with Crippen molar-refractivity contribution in [1.29, 1.82) is 0 Å². The maximum Gasteiger partial charge on any atom is 0.261 e. The molecular formula is C17H16BrN3O3S.